The summed E-state index contributed by atoms with van der Waals surface area (Å²) in [5.41, 5.74) is 0. The zero-order valence-corrected chi connectivity index (χ0v) is 8.77. The molecule has 0 radical (unpaired) electrons. The zero-order valence-electron chi connectivity index (χ0n) is 8.77. The van der Waals surface area contributed by atoms with Gasteiger partial charge in [-0.05, 0) is 12.8 Å². The van der Waals surface area contributed by atoms with E-state index in [4.69, 9.17) is 0 Å². The summed E-state index contributed by atoms with van der Waals surface area (Å²) in [4.78, 5) is 0. The van der Waals surface area contributed by atoms with Crippen LogP contribution in [0.5, 0.6) is 0 Å². The maximum Gasteiger partial charge on any atom is 0.428 e. The number of hydrogen-bond acceptors (Lipinski definition) is 2. The SMILES string of the molecule is C=COCCCCOC(F)(F)C(F)C(F)(F)F. The fourth-order valence-electron chi connectivity index (χ4n) is 0.843. The van der Waals surface area contributed by atoms with Crippen molar-refractivity contribution in [2.24, 2.45) is 0 Å². The molecule has 0 aliphatic heterocycles. The van der Waals surface area contributed by atoms with Gasteiger partial charge in [-0.25, -0.2) is 4.39 Å². The molecular weight excluding hydrogens is 254 g/mol. The summed E-state index contributed by atoms with van der Waals surface area (Å²) < 4.78 is 80.5. The summed E-state index contributed by atoms with van der Waals surface area (Å²) in [5, 5.41) is 0. The molecule has 0 aromatic rings. The zero-order chi connectivity index (χ0) is 13.5. The van der Waals surface area contributed by atoms with Crippen molar-refractivity contribution in [2.45, 2.75) is 31.3 Å². The predicted octanol–water partition coefficient (Wildman–Crippen LogP) is 3.44. The van der Waals surface area contributed by atoms with E-state index in [9.17, 15) is 26.3 Å². The Labute approximate surface area is 94.2 Å². The lowest BCUT2D eigenvalue weighted by Crippen LogP contribution is -2.43. The van der Waals surface area contributed by atoms with E-state index >= 15 is 0 Å². The molecule has 17 heavy (non-hydrogen) atoms. The number of hydrogen-bond donors (Lipinski definition) is 0. The second-order valence-electron chi connectivity index (χ2n) is 3.06. The third-order valence-corrected chi connectivity index (χ3v) is 1.65. The van der Waals surface area contributed by atoms with Crippen molar-refractivity contribution in [3.63, 3.8) is 0 Å². The van der Waals surface area contributed by atoms with Gasteiger partial charge in [-0.2, -0.15) is 22.0 Å². The number of unbranched alkanes of at least 4 members (excludes halogenated alkanes) is 1. The summed E-state index contributed by atoms with van der Waals surface area (Å²) in [6.07, 6.45) is -13.4. The average molecular weight is 266 g/mol. The van der Waals surface area contributed by atoms with Crippen molar-refractivity contribution in [1.82, 2.24) is 0 Å². The van der Waals surface area contributed by atoms with Gasteiger partial charge in [0.25, 0.3) is 6.17 Å². The highest BCUT2D eigenvalue weighted by Gasteiger charge is 2.58. The average Bonchev–Trinajstić information content (AvgIpc) is 2.20. The van der Waals surface area contributed by atoms with Crippen molar-refractivity contribution < 1.29 is 35.8 Å². The highest BCUT2D eigenvalue weighted by Crippen LogP contribution is 2.35. The van der Waals surface area contributed by atoms with Crippen molar-refractivity contribution in [1.29, 1.82) is 0 Å². The van der Waals surface area contributed by atoms with E-state index in [1.807, 2.05) is 0 Å². The van der Waals surface area contributed by atoms with Gasteiger partial charge in [0.1, 0.15) is 0 Å². The minimum Gasteiger partial charge on any atom is -0.502 e. The Kier molecular flexibility index (Phi) is 6.36. The molecule has 8 heteroatoms. The van der Waals surface area contributed by atoms with E-state index < -0.39 is 25.1 Å². The van der Waals surface area contributed by atoms with E-state index in [1.54, 1.807) is 0 Å². The molecular formula is C9H12F6O2. The molecule has 0 saturated carbocycles. The highest BCUT2D eigenvalue weighted by molar-refractivity contribution is 4.75. The third kappa shape index (κ3) is 6.40. The number of rotatable bonds is 8. The van der Waals surface area contributed by atoms with Crippen LogP contribution in [0.3, 0.4) is 0 Å². The van der Waals surface area contributed by atoms with Crippen LogP contribution in [-0.4, -0.2) is 31.7 Å². The van der Waals surface area contributed by atoms with Crippen LogP contribution >= 0.6 is 0 Å². The van der Waals surface area contributed by atoms with Crippen molar-refractivity contribution in [2.75, 3.05) is 13.2 Å². The van der Waals surface area contributed by atoms with Crippen LogP contribution in [-0.2, 0) is 9.47 Å². The molecule has 0 bridgehead atoms. The molecule has 0 aliphatic carbocycles. The molecule has 0 aromatic heterocycles. The molecule has 2 nitrogen and oxygen atoms in total. The Hall–Kier alpha value is -0.920. The molecule has 0 spiro atoms. The van der Waals surface area contributed by atoms with Gasteiger partial charge in [0.2, 0.25) is 0 Å². The first-order valence-corrected chi connectivity index (χ1v) is 4.67. The maximum atomic E-state index is 12.5. The van der Waals surface area contributed by atoms with Crippen LogP contribution in [0.4, 0.5) is 26.3 Å². The van der Waals surface area contributed by atoms with Gasteiger partial charge < -0.3 is 9.47 Å². The van der Waals surface area contributed by atoms with Gasteiger partial charge in [-0.1, -0.05) is 6.58 Å². The van der Waals surface area contributed by atoms with Gasteiger partial charge in [0.05, 0.1) is 19.5 Å². The quantitative estimate of drug-likeness (QED) is 0.380. The minimum atomic E-state index is -5.64. The maximum absolute atomic E-state index is 12.5. The topological polar surface area (TPSA) is 18.5 Å². The molecule has 0 amide bonds. The predicted molar refractivity (Wildman–Crippen MR) is 47.2 cm³/mol. The largest absolute Gasteiger partial charge is 0.502 e. The van der Waals surface area contributed by atoms with Crippen LogP contribution in [0.1, 0.15) is 12.8 Å². The second kappa shape index (κ2) is 6.73. The molecule has 0 aliphatic rings. The third-order valence-electron chi connectivity index (χ3n) is 1.65. The van der Waals surface area contributed by atoms with E-state index in [0.717, 1.165) is 6.26 Å². The van der Waals surface area contributed by atoms with Crippen LogP contribution in [0.2, 0.25) is 0 Å². The van der Waals surface area contributed by atoms with Crippen LogP contribution < -0.4 is 0 Å². The van der Waals surface area contributed by atoms with Gasteiger partial charge in [0, 0.05) is 0 Å². The Morgan fingerprint density at radius 3 is 2.06 bits per heavy atom. The summed E-state index contributed by atoms with van der Waals surface area (Å²) >= 11 is 0. The molecule has 0 heterocycles. The summed E-state index contributed by atoms with van der Waals surface area (Å²) in [5.74, 6) is 0. The number of alkyl halides is 6. The van der Waals surface area contributed by atoms with Gasteiger partial charge in [-0.15, -0.1) is 0 Å². The molecule has 102 valence electrons. The van der Waals surface area contributed by atoms with Crippen molar-refractivity contribution in [3.8, 4) is 0 Å². The lowest BCUT2D eigenvalue weighted by Gasteiger charge is -2.22. The number of ether oxygens (including phenoxy) is 2. The van der Waals surface area contributed by atoms with Crippen molar-refractivity contribution in [3.05, 3.63) is 12.8 Å². The van der Waals surface area contributed by atoms with Gasteiger partial charge in [-0.3, -0.25) is 0 Å². The van der Waals surface area contributed by atoms with Crippen LogP contribution in [0.25, 0.3) is 0 Å². The summed E-state index contributed by atoms with van der Waals surface area (Å²) in [6.45, 7) is 2.71. The first kappa shape index (κ1) is 16.1. The lowest BCUT2D eigenvalue weighted by molar-refractivity contribution is -0.335. The minimum absolute atomic E-state index is 0.0218. The second-order valence-corrected chi connectivity index (χ2v) is 3.06. The number of halogens is 6. The highest BCUT2D eigenvalue weighted by atomic mass is 19.4. The fraction of sp³-hybridized carbons (Fsp3) is 0.778. The molecule has 0 N–H and O–H groups in total. The van der Waals surface area contributed by atoms with Gasteiger partial charge >= 0.3 is 12.3 Å². The fourth-order valence-corrected chi connectivity index (χ4v) is 0.843. The molecule has 0 saturated heterocycles. The molecule has 1 atom stereocenters. The molecule has 0 aromatic carbocycles. The van der Waals surface area contributed by atoms with Crippen LogP contribution in [0.15, 0.2) is 12.8 Å². The molecule has 1 unspecified atom stereocenters. The molecule has 0 fully saturated rings. The standard InChI is InChI=1S/C9H12F6O2/c1-2-16-5-3-4-6-17-9(14,15)7(10)8(11,12)13/h2,7H,1,3-6H2. The lowest BCUT2D eigenvalue weighted by atomic mass is 10.3. The van der Waals surface area contributed by atoms with E-state index in [1.165, 1.54) is 0 Å². The van der Waals surface area contributed by atoms with Gasteiger partial charge in [0.15, 0.2) is 0 Å². The Morgan fingerprint density at radius 2 is 1.59 bits per heavy atom. The molecule has 0 rings (SSSR count). The Bertz CT molecular complexity index is 228. The first-order chi connectivity index (χ1) is 7.72. The smallest absolute Gasteiger partial charge is 0.428 e. The van der Waals surface area contributed by atoms with Crippen LogP contribution in [0, 0.1) is 0 Å². The first-order valence-electron chi connectivity index (χ1n) is 4.67. The summed E-state index contributed by atoms with van der Waals surface area (Å²) in [7, 11) is 0. The Morgan fingerprint density at radius 1 is 1.06 bits per heavy atom. The normalized spacial score (nSPS) is 14.5. The van der Waals surface area contributed by atoms with E-state index in [-0.39, 0.29) is 19.4 Å². The van der Waals surface area contributed by atoms with E-state index in [2.05, 4.69) is 16.1 Å². The Balaban J connectivity index is 3.89. The van der Waals surface area contributed by atoms with Crippen molar-refractivity contribution >= 4 is 0 Å². The summed E-state index contributed by atoms with van der Waals surface area (Å²) in [6, 6.07) is 0. The monoisotopic (exact) mass is 266 g/mol. The van der Waals surface area contributed by atoms with E-state index in [0.29, 0.717) is 0 Å².